The van der Waals surface area contributed by atoms with E-state index in [9.17, 15) is 9.59 Å². The molecule has 11 heteroatoms. The number of benzene rings is 1. The number of fused-ring (bicyclic) bond motifs is 4. The Kier molecular flexibility index (Phi) is 5.15. The van der Waals surface area contributed by atoms with Crippen molar-refractivity contribution >= 4 is 61.3 Å². The lowest BCUT2D eigenvalue weighted by atomic mass is 10.0. The SMILES string of the molecule is COc1cccc2c1c1c(N)ncnc1n2CC(=O)N1[C@H](C(=O)Nc2cccc(Br)n2)C[C@@]2(C)C[C@@H]12. The zero-order valence-corrected chi connectivity index (χ0v) is 21.3. The van der Waals surface area contributed by atoms with Crippen LogP contribution in [0.2, 0.25) is 0 Å². The third-order valence-electron chi connectivity index (χ3n) is 7.36. The minimum Gasteiger partial charge on any atom is -0.496 e. The number of amides is 2. The number of likely N-dealkylation sites (tertiary alicyclic amines) is 1. The molecule has 1 aliphatic carbocycles. The van der Waals surface area contributed by atoms with Gasteiger partial charge in [-0.15, -0.1) is 0 Å². The number of nitrogens with one attached hydrogen (secondary N) is 1. The lowest BCUT2D eigenvalue weighted by Gasteiger charge is -2.27. The van der Waals surface area contributed by atoms with Crippen LogP contribution in [0.15, 0.2) is 47.3 Å². The van der Waals surface area contributed by atoms with Crippen LogP contribution in [0.3, 0.4) is 0 Å². The van der Waals surface area contributed by atoms with Gasteiger partial charge in [-0.05, 0) is 58.5 Å². The molecule has 1 aromatic carbocycles. The van der Waals surface area contributed by atoms with Gasteiger partial charge >= 0.3 is 0 Å². The van der Waals surface area contributed by atoms with Crippen LogP contribution >= 0.6 is 15.9 Å². The zero-order chi connectivity index (χ0) is 25.2. The fourth-order valence-electron chi connectivity index (χ4n) is 5.54. The molecule has 1 aliphatic heterocycles. The molecule has 3 aromatic heterocycles. The second kappa shape index (κ2) is 8.16. The lowest BCUT2D eigenvalue weighted by molar-refractivity contribution is -0.138. The number of rotatable bonds is 5. The van der Waals surface area contributed by atoms with E-state index >= 15 is 0 Å². The van der Waals surface area contributed by atoms with Gasteiger partial charge in [0.1, 0.15) is 46.5 Å². The largest absolute Gasteiger partial charge is 0.496 e. The molecule has 3 N–H and O–H groups in total. The Morgan fingerprint density at radius 1 is 1.19 bits per heavy atom. The number of carbonyl (C=O) groups is 2. The highest BCUT2D eigenvalue weighted by atomic mass is 79.9. The first-order valence-corrected chi connectivity index (χ1v) is 12.4. The summed E-state index contributed by atoms with van der Waals surface area (Å²) in [6.07, 6.45) is 2.88. The molecule has 3 atom stereocenters. The Morgan fingerprint density at radius 3 is 2.78 bits per heavy atom. The summed E-state index contributed by atoms with van der Waals surface area (Å²) in [5.41, 5.74) is 7.48. The standard InChI is InChI=1S/C25H24BrN7O3/c1-25-9-14(24(35)31-18-8-4-7-17(26)30-18)33(16(25)10-25)19(34)11-32-13-5-3-6-15(36-2)20(13)21-22(27)28-12-29-23(21)32/h3-8,12,14,16H,9-11H2,1-2H3,(H2,27,28,29)(H,30,31,35)/t14-,16+,25-/m0/s1. The maximum Gasteiger partial charge on any atom is 0.248 e. The molecule has 0 radical (unpaired) electrons. The molecule has 10 nitrogen and oxygen atoms in total. The van der Waals surface area contributed by atoms with Crippen LogP contribution in [-0.4, -0.2) is 55.4 Å². The van der Waals surface area contributed by atoms with Crippen molar-refractivity contribution in [3.05, 3.63) is 47.3 Å². The Morgan fingerprint density at radius 2 is 2.00 bits per heavy atom. The molecule has 0 bridgehead atoms. The normalized spacial score (nSPS) is 22.6. The summed E-state index contributed by atoms with van der Waals surface area (Å²) in [5, 5.41) is 4.28. The van der Waals surface area contributed by atoms with Crippen molar-refractivity contribution in [3.8, 4) is 5.75 Å². The van der Waals surface area contributed by atoms with E-state index in [4.69, 9.17) is 10.5 Å². The maximum absolute atomic E-state index is 13.8. The van der Waals surface area contributed by atoms with Crippen LogP contribution in [0.1, 0.15) is 19.8 Å². The molecule has 4 heterocycles. The fraction of sp³-hybridized carbons (Fsp3) is 0.320. The predicted octanol–water partition coefficient (Wildman–Crippen LogP) is 3.35. The van der Waals surface area contributed by atoms with Crippen molar-refractivity contribution < 1.29 is 14.3 Å². The number of aromatic nitrogens is 4. The van der Waals surface area contributed by atoms with Gasteiger partial charge in [-0.25, -0.2) is 15.0 Å². The van der Waals surface area contributed by atoms with Crippen molar-refractivity contribution in [2.75, 3.05) is 18.2 Å². The summed E-state index contributed by atoms with van der Waals surface area (Å²) in [4.78, 5) is 41.8. The zero-order valence-electron chi connectivity index (χ0n) is 19.7. The monoisotopic (exact) mass is 549 g/mol. The van der Waals surface area contributed by atoms with Crippen LogP contribution in [0.4, 0.5) is 11.6 Å². The first-order chi connectivity index (χ1) is 17.3. The Labute approximate surface area is 215 Å². The highest BCUT2D eigenvalue weighted by Gasteiger charge is 2.64. The highest BCUT2D eigenvalue weighted by Crippen LogP contribution is 2.59. The average molecular weight is 550 g/mol. The average Bonchev–Trinajstić information content (AvgIpc) is 3.25. The quantitative estimate of drug-likeness (QED) is 0.365. The van der Waals surface area contributed by atoms with E-state index in [1.807, 2.05) is 22.8 Å². The Bertz CT molecular complexity index is 1550. The summed E-state index contributed by atoms with van der Waals surface area (Å²) in [6, 6.07) is 10.4. The number of nitrogens with two attached hydrogens (primary N) is 1. The molecule has 0 spiro atoms. The van der Waals surface area contributed by atoms with Crippen LogP contribution < -0.4 is 15.8 Å². The van der Waals surface area contributed by atoms with Crippen molar-refractivity contribution in [2.45, 2.75) is 38.4 Å². The molecule has 1 saturated carbocycles. The Balaban J connectivity index is 1.36. The topological polar surface area (TPSA) is 128 Å². The Hall–Kier alpha value is -3.73. The van der Waals surface area contributed by atoms with Gasteiger partial charge in [0.05, 0.1) is 23.4 Å². The van der Waals surface area contributed by atoms with E-state index in [2.05, 4.69) is 43.1 Å². The minimum absolute atomic E-state index is 0.00904. The molecule has 2 fully saturated rings. The van der Waals surface area contributed by atoms with Crippen molar-refractivity contribution in [2.24, 2.45) is 5.41 Å². The number of piperidine rings is 1. The van der Waals surface area contributed by atoms with Crippen LogP contribution in [0.5, 0.6) is 5.75 Å². The number of anilines is 2. The van der Waals surface area contributed by atoms with Gasteiger partial charge in [-0.2, -0.15) is 0 Å². The van der Waals surface area contributed by atoms with Crippen molar-refractivity contribution in [3.63, 3.8) is 0 Å². The van der Waals surface area contributed by atoms with E-state index in [0.29, 0.717) is 39.4 Å². The first kappa shape index (κ1) is 22.7. The van der Waals surface area contributed by atoms with Crippen molar-refractivity contribution in [1.29, 1.82) is 0 Å². The first-order valence-electron chi connectivity index (χ1n) is 11.6. The van der Waals surface area contributed by atoms with Gasteiger partial charge in [0.15, 0.2) is 0 Å². The van der Waals surface area contributed by atoms with Gasteiger partial charge in [-0.3, -0.25) is 9.59 Å². The van der Waals surface area contributed by atoms with Crippen LogP contribution in [0.25, 0.3) is 21.9 Å². The molecule has 36 heavy (non-hydrogen) atoms. The molecular formula is C25H24BrN7O3. The smallest absolute Gasteiger partial charge is 0.248 e. The number of nitrogen functional groups attached to an aromatic ring is 1. The highest BCUT2D eigenvalue weighted by molar-refractivity contribution is 9.10. The van der Waals surface area contributed by atoms with E-state index in [0.717, 1.165) is 17.3 Å². The lowest BCUT2D eigenvalue weighted by Crippen LogP contribution is -2.46. The second-order valence-corrected chi connectivity index (χ2v) is 10.4. The number of carbonyl (C=O) groups excluding carboxylic acids is 2. The van der Waals surface area contributed by atoms with E-state index in [-0.39, 0.29) is 29.8 Å². The number of ether oxygens (including phenoxy) is 1. The van der Waals surface area contributed by atoms with Gasteiger partial charge < -0.3 is 25.3 Å². The van der Waals surface area contributed by atoms with Crippen molar-refractivity contribution in [1.82, 2.24) is 24.4 Å². The molecule has 2 aliphatic rings. The number of hydrogen-bond acceptors (Lipinski definition) is 7. The fourth-order valence-corrected chi connectivity index (χ4v) is 5.88. The minimum atomic E-state index is -0.579. The van der Waals surface area contributed by atoms with Gasteiger partial charge in [-0.1, -0.05) is 19.1 Å². The third-order valence-corrected chi connectivity index (χ3v) is 7.80. The molecule has 2 amide bonds. The molecular weight excluding hydrogens is 526 g/mol. The summed E-state index contributed by atoms with van der Waals surface area (Å²) >= 11 is 3.33. The molecule has 4 aromatic rings. The van der Waals surface area contributed by atoms with Crippen LogP contribution in [-0.2, 0) is 16.1 Å². The summed E-state index contributed by atoms with van der Waals surface area (Å²) in [7, 11) is 1.59. The van der Waals surface area contributed by atoms with Gasteiger partial charge in [0, 0.05) is 6.04 Å². The molecule has 1 saturated heterocycles. The number of halogens is 1. The summed E-state index contributed by atoms with van der Waals surface area (Å²) in [5.74, 6) is 0.990. The number of methoxy groups -OCH3 is 1. The summed E-state index contributed by atoms with van der Waals surface area (Å²) < 4.78 is 8.03. The number of nitrogens with zero attached hydrogens (tertiary/aromatic N) is 5. The number of hydrogen-bond donors (Lipinski definition) is 2. The maximum atomic E-state index is 13.8. The van der Waals surface area contributed by atoms with Crippen LogP contribution in [0, 0.1) is 5.41 Å². The predicted molar refractivity (Wildman–Crippen MR) is 138 cm³/mol. The number of pyridine rings is 1. The molecule has 6 rings (SSSR count). The van der Waals surface area contributed by atoms with Gasteiger partial charge in [0.2, 0.25) is 11.8 Å². The third kappa shape index (κ3) is 3.48. The summed E-state index contributed by atoms with van der Waals surface area (Å²) in [6.45, 7) is 2.14. The molecule has 0 unspecified atom stereocenters. The second-order valence-electron chi connectivity index (χ2n) is 9.63. The van der Waals surface area contributed by atoms with Gasteiger partial charge in [0.25, 0.3) is 0 Å². The molecule has 184 valence electrons. The van der Waals surface area contributed by atoms with E-state index in [1.165, 1.54) is 6.33 Å². The van der Waals surface area contributed by atoms with E-state index in [1.54, 1.807) is 30.2 Å². The van der Waals surface area contributed by atoms with E-state index < -0.39 is 6.04 Å².